The highest BCUT2D eigenvalue weighted by atomic mass is 19.3. The maximum absolute atomic E-state index is 13.7. The molecule has 0 bridgehead atoms. The summed E-state index contributed by atoms with van der Waals surface area (Å²) in [5.41, 5.74) is 10.9. The molecule has 0 radical (unpaired) electrons. The largest absolute Gasteiger partial charge is 0.384 e. The number of alkyl halides is 2. The fourth-order valence-corrected chi connectivity index (χ4v) is 4.79. The van der Waals surface area contributed by atoms with Gasteiger partial charge >= 0.3 is 6.03 Å². The second kappa shape index (κ2) is 12.3. The van der Waals surface area contributed by atoms with Crippen LogP contribution in [0.1, 0.15) is 34.3 Å². The van der Waals surface area contributed by atoms with Crippen LogP contribution in [0.2, 0.25) is 0 Å². The molecule has 4 N–H and O–H groups in total. The average Bonchev–Trinajstić information content (AvgIpc) is 3.00. The van der Waals surface area contributed by atoms with E-state index in [1.165, 1.54) is 17.0 Å². The van der Waals surface area contributed by atoms with Gasteiger partial charge in [-0.2, -0.15) is 0 Å². The van der Waals surface area contributed by atoms with Gasteiger partial charge in [0.05, 0.1) is 0 Å². The Bertz CT molecular complexity index is 1550. The first kappa shape index (κ1) is 28.7. The summed E-state index contributed by atoms with van der Waals surface area (Å²) in [4.78, 5) is 30.8. The molecule has 7 nitrogen and oxygen atoms in total. The molecule has 5 rings (SSSR count). The summed E-state index contributed by atoms with van der Waals surface area (Å²) in [7, 11) is 0. The van der Waals surface area contributed by atoms with Gasteiger partial charge in [0.25, 0.3) is 11.8 Å². The third-order valence-corrected chi connectivity index (χ3v) is 7.25. The number of rotatable bonds is 7. The van der Waals surface area contributed by atoms with Crippen molar-refractivity contribution in [2.24, 2.45) is 0 Å². The highest BCUT2D eigenvalue weighted by Gasteiger charge is 2.35. The van der Waals surface area contributed by atoms with Gasteiger partial charge in [0, 0.05) is 50.8 Å². The van der Waals surface area contributed by atoms with E-state index in [0.717, 1.165) is 33.4 Å². The lowest BCUT2D eigenvalue weighted by atomic mass is 9.94. The molecule has 0 aliphatic carbocycles. The minimum absolute atomic E-state index is 0.0285. The number of anilines is 1. The fourth-order valence-electron chi connectivity index (χ4n) is 4.79. The van der Waals surface area contributed by atoms with E-state index >= 15 is 0 Å². The van der Waals surface area contributed by atoms with Crippen molar-refractivity contribution in [3.05, 3.63) is 108 Å². The minimum atomic E-state index is -2.72. The van der Waals surface area contributed by atoms with Crippen molar-refractivity contribution in [1.82, 2.24) is 20.5 Å². The van der Waals surface area contributed by atoms with Crippen LogP contribution in [0.5, 0.6) is 0 Å². The lowest BCUT2D eigenvalue weighted by Gasteiger charge is -2.31. The zero-order valence-corrected chi connectivity index (χ0v) is 22.7. The second-order valence-corrected chi connectivity index (χ2v) is 10.2. The maximum Gasteiger partial charge on any atom is 0.315 e. The summed E-state index contributed by atoms with van der Waals surface area (Å²) in [6, 6.07) is 22.0. The predicted octanol–water partition coefficient (Wildman–Crippen LogP) is 6.01. The molecule has 216 valence electrons. The molecule has 3 amide bonds. The number of carbonyl (C=O) groups excluding carboxylic acids is 2. The van der Waals surface area contributed by atoms with E-state index < -0.39 is 5.92 Å². The SMILES string of the molecule is Nc1ccc(CNC(=O)NCc2ccc(-c3ccc(C(=O)N4CCC(F)(F)CC4)cc3)cc2-c2ccc(F)cc2)cn1. The van der Waals surface area contributed by atoms with Gasteiger partial charge in [-0.1, -0.05) is 42.5 Å². The van der Waals surface area contributed by atoms with Gasteiger partial charge in [-0.3, -0.25) is 4.79 Å². The molecular weight excluding hydrogens is 543 g/mol. The van der Waals surface area contributed by atoms with E-state index in [4.69, 9.17) is 5.73 Å². The van der Waals surface area contributed by atoms with E-state index in [1.807, 2.05) is 30.3 Å². The van der Waals surface area contributed by atoms with Crippen molar-refractivity contribution >= 4 is 17.8 Å². The Balaban J connectivity index is 1.30. The molecule has 1 saturated heterocycles. The van der Waals surface area contributed by atoms with Crippen LogP contribution in [0.15, 0.2) is 85.1 Å². The Kier molecular flexibility index (Phi) is 8.42. The Hall–Kier alpha value is -4.86. The van der Waals surface area contributed by atoms with Crippen molar-refractivity contribution < 1.29 is 22.8 Å². The maximum atomic E-state index is 13.7. The van der Waals surface area contributed by atoms with Crippen LogP contribution in [0.25, 0.3) is 22.3 Å². The third kappa shape index (κ3) is 7.06. The van der Waals surface area contributed by atoms with Gasteiger partial charge in [-0.05, 0) is 69.8 Å². The van der Waals surface area contributed by atoms with Crippen LogP contribution >= 0.6 is 0 Å². The number of hydrogen-bond acceptors (Lipinski definition) is 4. The molecule has 2 heterocycles. The zero-order chi connectivity index (χ0) is 29.7. The van der Waals surface area contributed by atoms with E-state index in [2.05, 4.69) is 15.6 Å². The molecule has 3 aromatic carbocycles. The highest BCUT2D eigenvalue weighted by molar-refractivity contribution is 5.95. The number of amides is 3. The Labute approximate surface area is 241 Å². The van der Waals surface area contributed by atoms with Crippen molar-refractivity contribution in [2.75, 3.05) is 18.8 Å². The number of hydrogen-bond donors (Lipinski definition) is 3. The molecule has 1 fully saturated rings. The normalized spacial score (nSPS) is 14.3. The van der Waals surface area contributed by atoms with Crippen LogP contribution < -0.4 is 16.4 Å². The molecule has 0 saturated carbocycles. The number of nitrogen functional groups attached to an aromatic ring is 1. The van der Waals surface area contributed by atoms with E-state index in [0.29, 0.717) is 11.4 Å². The highest BCUT2D eigenvalue weighted by Crippen LogP contribution is 2.31. The Morgan fingerprint density at radius 2 is 1.48 bits per heavy atom. The monoisotopic (exact) mass is 573 g/mol. The summed E-state index contributed by atoms with van der Waals surface area (Å²) in [5, 5.41) is 5.65. The molecule has 0 spiro atoms. The first-order chi connectivity index (χ1) is 20.2. The Morgan fingerprint density at radius 3 is 2.14 bits per heavy atom. The molecule has 1 aliphatic rings. The molecular formula is C32H30F3N5O2. The summed E-state index contributed by atoms with van der Waals surface area (Å²) in [6.45, 7) is 0.564. The molecule has 0 atom stereocenters. The lowest BCUT2D eigenvalue weighted by Crippen LogP contribution is -2.42. The van der Waals surface area contributed by atoms with Crippen LogP contribution in [0, 0.1) is 5.82 Å². The van der Waals surface area contributed by atoms with Gasteiger partial charge in [-0.25, -0.2) is 22.9 Å². The summed E-state index contributed by atoms with van der Waals surface area (Å²) in [6.07, 6.45) is 0.941. The number of urea groups is 1. The van der Waals surface area contributed by atoms with Crippen molar-refractivity contribution in [1.29, 1.82) is 0 Å². The summed E-state index contributed by atoms with van der Waals surface area (Å²) >= 11 is 0. The number of benzene rings is 3. The molecule has 1 aliphatic heterocycles. The van der Waals surface area contributed by atoms with Crippen molar-refractivity contribution in [3.63, 3.8) is 0 Å². The fraction of sp³-hybridized carbons (Fsp3) is 0.219. The molecule has 0 unspecified atom stereocenters. The average molecular weight is 574 g/mol. The molecule has 42 heavy (non-hydrogen) atoms. The lowest BCUT2D eigenvalue weighted by molar-refractivity contribution is -0.0494. The van der Waals surface area contributed by atoms with Crippen LogP contribution in [0.3, 0.4) is 0 Å². The number of nitrogens with zero attached hydrogens (tertiary/aromatic N) is 2. The molecule has 4 aromatic rings. The van der Waals surface area contributed by atoms with Gasteiger partial charge in [0.1, 0.15) is 11.6 Å². The standard InChI is InChI=1S/C32H30F3N5O2/c33-27-10-8-23(9-11-27)28-17-25(6-7-26(28)20-39-31(42)38-19-21-1-12-29(36)37-18-21)22-2-4-24(5-3-22)30(41)40-15-13-32(34,35)14-16-40/h1-12,17-18H,13-16,19-20H2,(H2,36,37)(H2,38,39,42). The smallest absolute Gasteiger partial charge is 0.315 e. The van der Waals surface area contributed by atoms with Crippen LogP contribution in [-0.4, -0.2) is 40.8 Å². The van der Waals surface area contributed by atoms with Gasteiger partial charge < -0.3 is 21.3 Å². The number of nitrogens with two attached hydrogens (primary N) is 1. The number of aromatic nitrogens is 1. The second-order valence-electron chi connectivity index (χ2n) is 10.2. The topological polar surface area (TPSA) is 100 Å². The quantitative estimate of drug-likeness (QED) is 0.252. The van der Waals surface area contributed by atoms with Crippen molar-refractivity contribution in [3.8, 4) is 22.3 Å². The number of likely N-dealkylation sites (tertiary alicyclic amines) is 1. The van der Waals surface area contributed by atoms with Crippen molar-refractivity contribution in [2.45, 2.75) is 31.9 Å². The number of halogens is 3. The van der Waals surface area contributed by atoms with E-state index in [-0.39, 0.29) is 56.8 Å². The zero-order valence-electron chi connectivity index (χ0n) is 22.7. The molecule has 1 aromatic heterocycles. The van der Waals surface area contributed by atoms with Gasteiger partial charge in [-0.15, -0.1) is 0 Å². The number of piperidine rings is 1. The van der Waals surface area contributed by atoms with E-state index in [9.17, 15) is 22.8 Å². The first-order valence-corrected chi connectivity index (χ1v) is 13.6. The van der Waals surface area contributed by atoms with Crippen LogP contribution in [-0.2, 0) is 13.1 Å². The number of pyridine rings is 1. The summed E-state index contributed by atoms with van der Waals surface area (Å²) < 4.78 is 40.7. The van der Waals surface area contributed by atoms with Crippen LogP contribution in [0.4, 0.5) is 23.8 Å². The molecule has 10 heteroatoms. The first-order valence-electron chi connectivity index (χ1n) is 13.6. The number of nitrogens with one attached hydrogen (secondary N) is 2. The predicted molar refractivity (Wildman–Crippen MR) is 155 cm³/mol. The van der Waals surface area contributed by atoms with Gasteiger partial charge in [0.2, 0.25) is 0 Å². The Morgan fingerprint density at radius 1 is 0.833 bits per heavy atom. The van der Waals surface area contributed by atoms with Gasteiger partial charge in [0.15, 0.2) is 0 Å². The minimum Gasteiger partial charge on any atom is -0.384 e. The van der Waals surface area contributed by atoms with E-state index in [1.54, 1.807) is 42.6 Å². The number of carbonyl (C=O) groups is 2. The third-order valence-electron chi connectivity index (χ3n) is 7.25. The summed E-state index contributed by atoms with van der Waals surface area (Å²) in [5.74, 6) is -2.94.